The first-order chi connectivity index (χ1) is 10.0. The lowest BCUT2D eigenvalue weighted by molar-refractivity contribution is -0.0229. The molecule has 5 nitrogen and oxygen atoms in total. The third kappa shape index (κ3) is 2.54. The van der Waals surface area contributed by atoms with Crippen LogP contribution in [0.4, 0.5) is 5.82 Å². The number of hydrogen-bond acceptors (Lipinski definition) is 5. The molecule has 1 aromatic rings. The predicted octanol–water partition coefficient (Wildman–Crippen LogP) is 2.68. The van der Waals surface area contributed by atoms with Crippen LogP contribution in [-0.2, 0) is 21.7 Å². The van der Waals surface area contributed by atoms with E-state index in [-0.39, 0.29) is 11.3 Å². The minimum Gasteiger partial charge on any atom is -0.377 e. The Labute approximate surface area is 129 Å². The standard InChI is InChI=1S/C15H20ClN3O2/c1-4-5-15(3)12-11(9-21-15)13(18-14(16)17-12)19-6-7-20-8-10(19)2/h4,10H,1,5-9H2,2-3H3. The van der Waals surface area contributed by atoms with E-state index < -0.39 is 5.60 Å². The van der Waals surface area contributed by atoms with Gasteiger partial charge in [-0.05, 0) is 31.9 Å². The molecular weight excluding hydrogens is 290 g/mol. The van der Waals surface area contributed by atoms with Gasteiger partial charge in [0, 0.05) is 12.1 Å². The van der Waals surface area contributed by atoms with Crippen molar-refractivity contribution >= 4 is 17.4 Å². The molecule has 21 heavy (non-hydrogen) atoms. The van der Waals surface area contributed by atoms with Crippen LogP contribution in [0.1, 0.15) is 31.5 Å². The molecule has 114 valence electrons. The van der Waals surface area contributed by atoms with E-state index in [0.717, 1.165) is 23.6 Å². The Morgan fingerprint density at radius 1 is 1.52 bits per heavy atom. The summed E-state index contributed by atoms with van der Waals surface area (Å²) in [5.74, 6) is 0.883. The molecule has 2 aliphatic heterocycles. The van der Waals surface area contributed by atoms with Crippen molar-refractivity contribution in [2.75, 3.05) is 24.7 Å². The lowest BCUT2D eigenvalue weighted by Crippen LogP contribution is -2.44. The Morgan fingerprint density at radius 3 is 3.05 bits per heavy atom. The van der Waals surface area contributed by atoms with Crippen LogP contribution >= 0.6 is 11.6 Å². The van der Waals surface area contributed by atoms with E-state index >= 15 is 0 Å². The average Bonchev–Trinajstić information content (AvgIpc) is 2.77. The van der Waals surface area contributed by atoms with Gasteiger partial charge in [0.15, 0.2) is 0 Å². The third-order valence-corrected chi connectivity index (χ3v) is 4.34. The van der Waals surface area contributed by atoms with E-state index in [1.165, 1.54) is 0 Å². The van der Waals surface area contributed by atoms with Gasteiger partial charge in [0.2, 0.25) is 5.28 Å². The first-order valence-electron chi connectivity index (χ1n) is 7.21. The molecule has 0 aliphatic carbocycles. The molecule has 2 unspecified atom stereocenters. The predicted molar refractivity (Wildman–Crippen MR) is 81.6 cm³/mol. The first-order valence-corrected chi connectivity index (χ1v) is 7.59. The maximum atomic E-state index is 6.16. The molecule has 2 atom stereocenters. The Morgan fingerprint density at radius 2 is 2.33 bits per heavy atom. The number of anilines is 1. The highest BCUT2D eigenvalue weighted by molar-refractivity contribution is 6.28. The molecule has 0 N–H and O–H groups in total. The molecule has 0 amide bonds. The highest BCUT2D eigenvalue weighted by Gasteiger charge is 2.40. The van der Waals surface area contributed by atoms with E-state index in [4.69, 9.17) is 21.1 Å². The van der Waals surface area contributed by atoms with Crippen molar-refractivity contribution < 1.29 is 9.47 Å². The van der Waals surface area contributed by atoms with Gasteiger partial charge in [-0.3, -0.25) is 0 Å². The molecule has 3 rings (SSSR count). The van der Waals surface area contributed by atoms with Crippen molar-refractivity contribution in [3.8, 4) is 0 Å². The number of aromatic nitrogens is 2. The van der Waals surface area contributed by atoms with Crippen molar-refractivity contribution in [2.45, 2.75) is 38.5 Å². The maximum Gasteiger partial charge on any atom is 0.224 e. The van der Waals surface area contributed by atoms with Gasteiger partial charge in [0.1, 0.15) is 11.4 Å². The van der Waals surface area contributed by atoms with Crippen LogP contribution in [0.5, 0.6) is 0 Å². The SMILES string of the molecule is C=CCC1(C)OCc2c(N3CCOCC3C)nc(Cl)nc21. The van der Waals surface area contributed by atoms with Crippen molar-refractivity contribution in [3.05, 3.63) is 29.2 Å². The molecule has 1 aromatic heterocycles. The number of ether oxygens (including phenoxy) is 2. The lowest BCUT2D eigenvalue weighted by Gasteiger charge is -2.35. The topological polar surface area (TPSA) is 47.5 Å². The number of rotatable bonds is 3. The van der Waals surface area contributed by atoms with Crippen LogP contribution in [0.3, 0.4) is 0 Å². The van der Waals surface area contributed by atoms with Gasteiger partial charge in [-0.2, -0.15) is 0 Å². The van der Waals surface area contributed by atoms with Crippen LogP contribution in [0, 0.1) is 0 Å². The summed E-state index contributed by atoms with van der Waals surface area (Å²) in [6, 6.07) is 0.264. The Kier molecular flexibility index (Phi) is 3.90. The molecule has 0 aromatic carbocycles. The highest BCUT2D eigenvalue weighted by Crippen LogP contribution is 2.42. The number of hydrogen-bond donors (Lipinski definition) is 0. The van der Waals surface area contributed by atoms with E-state index in [0.29, 0.717) is 26.2 Å². The largest absolute Gasteiger partial charge is 0.377 e. The van der Waals surface area contributed by atoms with E-state index in [2.05, 4.69) is 28.4 Å². The van der Waals surface area contributed by atoms with Gasteiger partial charge in [-0.1, -0.05) is 6.08 Å². The molecule has 0 saturated carbocycles. The van der Waals surface area contributed by atoms with E-state index in [9.17, 15) is 0 Å². The second-order valence-electron chi connectivity index (χ2n) is 5.77. The van der Waals surface area contributed by atoms with Crippen molar-refractivity contribution in [1.29, 1.82) is 0 Å². The summed E-state index contributed by atoms with van der Waals surface area (Å²) >= 11 is 6.16. The summed E-state index contributed by atoms with van der Waals surface area (Å²) < 4.78 is 11.5. The number of halogens is 1. The monoisotopic (exact) mass is 309 g/mol. The minimum atomic E-state index is -0.464. The quantitative estimate of drug-likeness (QED) is 0.634. The van der Waals surface area contributed by atoms with Crippen molar-refractivity contribution in [3.63, 3.8) is 0 Å². The highest BCUT2D eigenvalue weighted by atomic mass is 35.5. The molecular formula is C15H20ClN3O2. The fourth-order valence-electron chi connectivity index (χ4n) is 3.03. The minimum absolute atomic E-state index is 0.264. The van der Waals surface area contributed by atoms with Crippen LogP contribution in [0.15, 0.2) is 12.7 Å². The second kappa shape index (κ2) is 5.55. The number of morpholine rings is 1. The van der Waals surface area contributed by atoms with Crippen LogP contribution < -0.4 is 4.90 Å². The van der Waals surface area contributed by atoms with Crippen LogP contribution in [-0.4, -0.2) is 35.8 Å². The fraction of sp³-hybridized carbons (Fsp3) is 0.600. The average molecular weight is 310 g/mol. The van der Waals surface area contributed by atoms with E-state index in [1.54, 1.807) is 0 Å². The van der Waals surface area contributed by atoms with Gasteiger partial charge in [-0.15, -0.1) is 6.58 Å². The molecule has 1 fully saturated rings. The summed E-state index contributed by atoms with van der Waals surface area (Å²) in [7, 11) is 0. The zero-order chi connectivity index (χ0) is 15.0. The number of fused-ring (bicyclic) bond motifs is 1. The van der Waals surface area contributed by atoms with Gasteiger partial charge < -0.3 is 14.4 Å². The summed E-state index contributed by atoms with van der Waals surface area (Å²) in [4.78, 5) is 11.1. The van der Waals surface area contributed by atoms with Crippen molar-refractivity contribution in [2.24, 2.45) is 0 Å². The zero-order valence-corrected chi connectivity index (χ0v) is 13.2. The number of nitrogens with zero attached hydrogens (tertiary/aromatic N) is 3. The van der Waals surface area contributed by atoms with Gasteiger partial charge in [0.05, 0.1) is 31.6 Å². The fourth-order valence-corrected chi connectivity index (χ4v) is 3.19. The van der Waals surface area contributed by atoms with E-state index in [1.807, 2.05) is 13.0 Å². The Bertz CT molecular complexity index is 566. The molecule has 2 aliphatic rings. The Balaban J connectivity index is 2.05. The molecule has 6 heteroatoms. The summed E-state index contributed by atoms with van der Waals surface area (Å²) in [6.07, 6.45) is 2.55. The normalized spacial score (nSPS) is 28.5. The van der Waals surface area contributed by atoms with Crippen LogP contribution in [0.25, 0.3) is 0 Å². The molecule has 0 bridgehead atoms. The van der Waals surface area contributed by atoms with Gasteiger partial charge in [-0.25, -0.2) is 9.97 Å². The summed E-state index contributed by atoms with van der Waals surface area (Å²) in [6.45, 7) is 10.7. The molecule has 3 heterocycles. The first kappa shape index (κ1) is 14.8. The lowest BCUT2D eigenvalue weighted by atomic mass is 9.96. The smallest absolute Gasteiger partial charge is 0.224 e. The third-order valence-electron chi connectivity index (χ3n) is 4.17. The van der Waals surface area contributed by atoms with Crippen LogP contribution in [0.2, 0.25) is 5.28 Å². The second-order valence-corrected chi connectivity index (χ2v) is 6.11. The van der Waals surface area contributed by atoms with Gasteiger partial charge >= 0.3 is 0 Å². The molecule has 1 saturated heterocycles. The zero-order valence-electron chi connectivity index (χ0n) is 12.4. The summed E-state index contributed by atoms with van der Waals surface area (Å²) in [5.41, 5.74) is 1.46. The summed E-state index contributed by atoms with van der Waals surface area (Å²) in [5, 5.41) is 0.267. The molecule has 0 spiro atoms. The molecule has 0 radical (unpaired) electrons. The Hall–Kier alpha value is -1.17. The maximum absolute atomic E-state index is 6.16. The van der Waals surface area contributed by atoms with Gasteiger partial charge in [0.25, 0.3) is 0 Å². The van der Waals surface area contributed by atoms with Crippen molar-refractivity contribution in [1.82, 2.24) is 9.97 Å².